The zero-order valence-electron chi connectivity index (χ0n) is 13.6. The normalized spacial score (nSPS) is 18.0. The van der Waals surface area contributed by atoms with Crippen LogP contribution in [0.1, 0.15) is 57.1 Å². The van der Waals surface area contributed by atoms with Crippen LogP contribution in [0.3, 0.4) is 0 Å². The summed E-state index contributed by atoms with van der Waals surface area (Å²) in [5, 5.41) is 3.77. The Balaban J connectivity index is 1.83. The Bertz CT molecular complexity index is 484. The average Bonchev–Trinajstić information content (AvgIpc) is 2.76. The summed E-state index contributed by atoms with van der Waals surface area (Å²) in [6.45, 7) is 2.46. The fraction of sp³-hybridized carbons (Fsp3) is 0.611. The molecule has 4 heteroatoms. The maximum absolute atomic E-state index is 12.3. The summed E-state index contributed by atoms with van der Waals surface area (Å²) in [6, 6.07) is 8.19. The standard InChI is InChI=1S/C18H27ClN2O/c1-14(15-8-7-9-16(19)12-15)20-18(22)13-21(2)17-10-5-3-4-6-11-17/h7-9,12,14,17H,3-6,10-11,13H2,1-2H3,(H,20,22). The van der Waals surface area contributed by atoms with Crippen molar-refractivity contribution in [3.63, 3.8) is 0 Å². The van der Waals surface area contributed by atoms with Gasteiger partial charge in [0.2, 0.25) is 5.91 Å². The van der Waals surface area contributed by atoms with E-state index in [2.05, 4.69) is 17.3 Å². The van der Waals surface area contributed by atoms with E-state index in [9.17, 15) is 4.79 Å². The van der Waals surface area contributed by atoms with E-state index in [4.69, 9.17) is 11.6 Å². The Labute approximate surface area is 139 Å². The molecule has 1 amide bonds. The van der Waals surface area contributed by atoms with Crippen LogP contribution in [0.25, 0.3) is 0 Å². The summed E-state index contributed by atoms with van der Waals surface area (Å²) in [7, 11) is 2.07. The van der Waals surface area contributed by atoms with E-state index in [1.807, 2.05) is 31.2 Å². The fourth-order valence-corrected chi connectivity index (χ4v) is 3.40. The molecule has 22 heavy (non-hydrogen) atoms. The first kappa shape index (κ1) is 17.3. The molecule has 1 aromatic rings. The van der Waals surface area contributed by atoms with Crippen molar-refractivity contribution in [2.75, 3.05) is 13.6 Å². The lowest BCUT2D eigenvalue weighted by molar-refractivity contribution is -0.123. The zero-order valence-corrected chi connectivity index (χ0v) is 14.4. The van der Waals surface area contributed by atoms with Crippen molar-refractivity contribution in [1.82, 2.24) is 10.2 Å². The topological polar surface area (TPSA) is 32.3 Å². The molecule has 1 N–H and O–H groups in total. The number of amides is 1. The minimum Gasteiger partial charge on any atom is -0.348 e. The largest absolute Gasteiger partial charge is 0.348 e. The lowest BCUT2D eigenvalue weighted by atomic mass is 10.1. The summed E-state index contributed by atoms with van der Waals surface area (Å²) in [5.41, 5.74) is 1.04. The quantitative estimate of drug-likeness (QED) is 0.825. The van der Waals surface area contributed by atoms with Crippen LogP contribution >= 0.6 is 11.6 Å². The maximum Gasteiger partial charge on any atom is 0.234 e. The molecule has 122 valence electrons. The number of nitrogens with one attached hydrogen (secondary N) is 1. The molecular weight excluding hydrogens is 296 g/mol. The van der Waals surface area contributed by atoms with Crippen LogP contribution in [0.15, 0.2) is 24.3 Å². The van der Waals surface area contributed by atoms with Gasteiger partial charge in [-0.15, -0.1) is 0 Å². The number of hydrogen-bond acceptors (Lipinski definition) is 2. The molecule has 0 radical (unpaired) electrons. The molecule has 1 aliphatic carbocycles. The van der Waals surface area contributed by atoms with Crippen molar-refractivity contribution in [3.8, 4) is 0 Å². The van der Waals surface area contributed by atoms with Crippen molar-refractivity contribution in [2.45, 2.75) is 57.5 Å². The number of rotatable bonds is 5. The van der Waals surface area contributed by atoms with E-state index >= 15 is 0 Å². The zero-order chi connectivity index (χ0) is 15.9. The summed E-state index contributed by atoms with van der Waals surface area (Å²) in [6.07, 6.45) is 7.68. The Morgan fingerprint density at radius 1 is 1.32 bits per heavy atom. The lowest BCUT2D eigenvalue weighted by Crippen LogP contribution is -2.41. The summed E-state index contributed by atoms with van der Waals surface area (Å²) in [5.74, 6) is 0.0826. The Hall–Kier alpha value is -1.06. The van der Waals surface area contributed by atoms with Crippen molar-refractivity contribution in [1.29, 1.82) is 0 Å². The van der Waals surface area contributed by atoms with Crippen LogP contribution in [0.2, 0.25) is 5.02 Å². The third-order valence-electron chi connectivity index (χ3n) is 4.57. The van der Waals surface area contributed by atoms with Gasteiger partial charge in [0.05, 0.1) is 12.6 Å². The Kier molecular flexibility index (Phi) is 6.71. The molecule has 1 saturated carbocycles. The SMILES string of the molecule is CC(NC(=O)CN(C)C1CCCCCC1)c1cccc(Cl)c1. The third-order valence-corrected chi connectivity index (χ3v) is 4.80. The van der Waals surface area contributed by atoms with E-state index in [0.29, 0.717) is 17.6 Å². The van der Waals surface area contributed by atoms with Crippen LogP contribution in [0.5, 0.6) is 0 Å². The van der Waals surface area contributed by atoms with Crippen LogP contribution in [-0.4, -0.2) is 30.4 Å². The first-order valence-electron chi connectivity index (χ1n) is 8.31. The third kappa shape index (κ3) is 5.29. The first-order chi connectivity index (χ1) is 10.6. The molecule has 0 aliphatic heterocycles. The van der Waals surface area contributed by atoms with E-state index < -0.39 is 0 Å². The molecule has 2 rings (SSSR count). The van der Waals surface area contributed by atoms with E-state index in [1.165, 1.54) is 38.5 Å². The highest BCUT2D eigenvalue weighted by Crippen LogP contribution is 2.21. The molecular formula is C18H27ClN2O. The van der Waals surface area contributed by atoms with Crippen LogP contribution in [0, 0.1) is 0 Å². The van der Waals surface area contributed by atoms with Crippen LogP contribution in [-0.2, 0) is 4.79 Å². The van der Waals surface area contributed by atoms with Gasteiger partial charge in [-0.1, -0.05) is 49.4 Å². The monoisotopic (exact) mass is 322 g/mol. The van der Waals surface area contributed by atoms with Gasteiger partial charge in [0.25, 0.3) is 0 Å². The molecule has 1 unspecified atom stereocenters. The van der Waals surface area contributed by atoms with Crippen LogP contribution < -0.4 is 5.32 Å². The minimum absolute atomic E-state index is 0.0197. The lowest BCUT2D eigenvalue weighted by Gasteiger charge is -2.27. The highest BCUT2D eigenvalue weighted by Gasteiger charge is 2.19. The Morgan fingerprint density at radius 2 is 2.00 bits per heavy atom. The molecule has 3 nitrogen and oxygen atoms in total. The van der Waals surface area contributed by atoms with Crippen molar-refractivity contribution >= 4 is 17.5 Å². The van der Waals surface area contributed by atoms with Gasteiger partial charge in [0.1, 0.15) is 0 Å². The molecule has 1 atom stereocenters. The van der Waals surface area contributed by atoms with Gasteiger partial charge in [-0.2, -0.15) is 0 Å². The van der Waals surface area contributed by atoms with E-state index in [0.717, 1.165) is 5.56 Å². The van der Waals surface area contributed by atoms with E-state index in [1.54, 1.807) is 0 Å². The highest BCUT2D eigenvalue weighted by molar-refractivity contribution is 6.30. The Morgan fingerprint density at radius 3 is 2.64 bits per heavy atom. The summed E-state index contributed by atoms with van der Waals surface area (Å²) in [4.78, 5) is 14.5. The fourth-order valence-electron chi connectivity index (χ4n) is 3.20. The van der Waals surface area contributed by atoms with Gasteiger partial charge in [-0.3, -0.25) is 9.69 Å². The van der Waals surface area contributed by atoms with Crippen molar-refractivity contribution in [3.05, 3.63) is 34.9 Å². The minimum atomic E-state index is -0.0197. The molecule has 0 bridgehead atoms. The van der Waals surface area contributed by atoms with Crippen LogP contribution in [0.4, 0.5) is 0 Å². The molecule has 0 heterocycles. The predicted molar refractivity (Wildman–Crippen MR) is 92.1 cm³/mol. The maximum atomic E-state index is 12.3. The van der Waals surface area contributed by atoms with Gasteiger partial charge in [-0.05, 0) is 44.5 Å². The molecule has 1 aromatic carbocycles. The molecule has 1 aliphatic rings. The number of carbonyl (C=O) groups is 1. The first-order valence-corrected chi connectivity index (χ1v) is 8.69. The van der Waals surface area contributed by atoms with E-state index in [-0.39, 0.29) is 11.9 Å². The van der Waals surface area contributed by atoms with Gasteiger partial charge in [0, 0.05) is 11.1 Å². The number of likely N-dealkylation sites (N-methyl/N-ethyl adjacent to an activating group) is 1. The second-order valence-electron chi connectivity index (χ2n) is 6.40. The molecule has 0 aromatic heterocycles. The number of nitrogens with zero attached hydrogens (tertiary/aromatic N) is 1. The molecule has 1 fully saturated rings. The summed E-state index contributed by atoms with van der Waals surface area (Å²) >= 11 is 6.01. The number of carbonyl (C=O) groups excluding carboxylic acids is 1. The average molecular weight is 323 g/mol. The predicted octanol–water partition coefficient (Wildman–Crippen LogP) is 4.17. The van der Waals surface area contributed by atoms with Crippen molar-refractivity contribution in [2.24, 2.45) is 0 Å². The second-order valence-corrected chi connectivity index (χ2v) is 6.84. The van der Waals surface area contributed by atoms with Gasteiger partial charge in [-0.25, -0.2) is 0 Å². The second kappa shape index (κ2) is 8.54. The van der Waals surface area contributed by atoms with Gasteiger partial charge < -0.3 is 5.32 Å². The number of hydrogen-bond donors (Lipinski definition) is 1. The van der Waals surface area contributed by atoms with Crippen molar-refractivity contribution < 1.29 is 4.79 Å². The van der Waals surface area contributed by atoms with Gasteiger partial charge in [0.15, 0.2) is 0 Å². The van der Waals surface area contributed by atoms with Gasteiger partial charge >= 0.3 is 0 Å². The summed E-state index contributed by atoms with van der Waals surface area (Å²) < 4.78 is 0. The molecule has 0 saturated heterocycles. The highest BCUT2D eigenvalue weighted by atomic mass is 35.5. The molecule has 0 spiro atoms. The smallest absolute Gasteiger partial charge is 0.234 e. The number of benzene rings is 1. The number of halogens is 1.